The van der Waals surface area contributed by atoms with Gasteiger partial charge in [-0.15, -0.1) is 0 Å². The lowest BCUT2D eigenvalue weighted by molar-refractivity contribution is 0.415. The highest BCUT2D eigenvalue weighted by molar-refractivity contribution is 6.32. The second-order valence-electron chi connectivity index (χ2n) is 3.57. The zero-order valence-corrected chi connectivity index (χ0v) is 10.3. The maximum absolute atomic E-state index is 6.06. The first-order valence-electron chi connectivity index (χ1n) is 5.05. The van der Waals surface area contributed by atoms with E-state index in [1.54, 1.807) is 32.4 Å². The summed E-state index contributed by atoms with van der Waals surface area (Å²) in [5, 5.41) is 0.532. The van der Waals surface area contributed by atoms with E-state index in [0.717, 1.165) is 11.1 Å². The van der Waals surface area contributed by atoms with Crippen molar-refractivity contribution < 1.29 is 4.74 Å². The fraction of sp³-hybridized carbons (Fsp3) is 0.167. The number of halogens is 1. The molecule has 0 fully saturated rings. The van der Waals surface area contributed by atoms with Crippen molar-refractivity contribution in [3.63, 3.8) is 0 Å². The second kappa shape index (κ2) is 4.59. The van der Waals surface area contributed by atoms with Gasteiger partial charge in [-0.25, -0.2) is 9.97 Å². The number of nitrogens with two attached hydrogens (primary N) is 1. The lowest BCUT2D eigenvalue weighted by Crippen LogP contribution is -1.98. The molecule has 0 saturated heterocycles. The normalized spacial score (nSPS) is 10.3. The number of nitrogens with zero attached hydrogens (tertiary/aromatic N) is 2. The summed E-state index contributed by atoms with van der Waals surface area (Å²) < 4.78 is 5.09. The molecule has 2 aromatic rings. The zero-order chi connectivity index (χ0) is 12.4. The van der Waals surface area contributed by atoms with Gasteiger partial charge in [-0.1, -0.05) is 17.7 Å². The molecule has 1 aromatic heterocycles. The Hall–Kier alpha value is -1.81. The number of ether oxygens (including phenoxy) is 1. The molecule has 2 rings (SSSR count). The highest BCUT2D eigenvalue weighted by atomic mass is 35.5. The van der Waals surface area contributed by atoms with Crippen molar-refractivity contribution in [1.82, 2.24) is 9.97 Å². The molecule has 0 aliphatic carbocycles. The summed E-state index contributed by atoms with van der Waals surface area (Å²) in [6, 6.07) is 5.44. The third-order valence-corrected chi connectivity index (χ3v) is 2.70. The van der Waals surface area contributed by atoms with Crippen LogP contribution < -0.4 is 10.5 Å². The third kappa shape index (κ3) is 2.31. The Morgan fingerprint density at radius 3 is 2.71 bits per heavy atom. The number of anilines is 1. The van der Waals surface area contributed by atoms with Crippen molar-refractivity contribution in [3.8, 4) is 16.9 Å². The highest BCUT2D eigenvalue weighted by Gasteiger charge is 2.08. The molecule has 0 amide bonds. The minimum atomic E-state index is 0.443. The number of aromatic nitrogens is 2. The minimum Gasteiger partial charge on any atom is -0.495 e. The fourth-order valence-electron chi connectivity index (χ4n) is 1.54. The summed E-state index contributed by atoms with van der Waals surface area (Å²) in [6.07, 6.45) is 1.69. The van der Waals surface area contributed by atoms with Crippen molar-refractivity contribution in [2.75, 3.05) is 12.8 Å². The van der Waals surface area contributed by atoms with Crippen LogP contribution in [-0.4, -0.2) is 17.1 Å². The number of methoxy groups -OCH3 is 1. The molecule has 5 heteroatoms. The van der Waals surface area contributed by atoms with Crippen molar-refractivity contribution in [2.24, 2.45) is 0 Å². The van der Waals surface area contributed by atoms with Crippen LogP contribution in [0.3, 0.4) is 0 Å². The number of benzene rings is 1. The lowest BCUT2D eigenvalue weighted by Gasteiger charge is -2.08. The van der Waals surface area contributed by atoms with E-state index in [-0.39, 0.29) is 0 Å². The van der Waals surface area contributed by atoms with Gasteiger partial charge in [0.1, 0.15) is 17.4 Å². The Morgan fingerprint density at radius 1 is 1.35 bits per heavy atom. The van der Waals surface area contributed by atoms with Gasteiger partial charge < -0.3 is 10.5 Å². The van der Waals surface area contributed by atoms with Crippen molar-refractivity contribution in [3.05, 3.63) is 35.2 Å². The minimum absolute atomic E-state index is 0.443. The SMILES string of the molecule is COc1ccc(-c2cnc(C)nc2N)cc1Cl. The predicted octanol–water partition coefficient (Wildman–Crippen LogP) is 2.70. The van der Waals surface area contributed by atoms with Crippen molar-refractivity contribution in [1.29, 1.82) is 0 Å². The maximum Gasteiger partial charge on any atom is 0.137 e. The van der Waals surface area contributed by atoms with E-state index >= 15 is 0 Å². The molecule has 17 heavy (non-hydrogen) atoms. The van der Waals surface area contributed by atoms with Crippen LogP contribution in [0.5, 0.6) is 5.75 Å². The molecule has 1 aromatic carbocycles. The van der Waals surface area contributed by atoms with Gasteiger partial charge in [0.15, 0.2) is 0 Å². The molecule has 0 saturated carbocycles. The monoisotopic (exact) mass is 249 g/mol. The van der Waals surface area contributed by atoms with Crippen LogP contribution >= 0.6 is 11.6 Å². The van der Waals surface area contributed by atoms with E-state index in [4.69, 9.17) is 22.1 Å². The van der Waals surface area contributed by atoms with Crippen LogP contribution in [0.4, 0.5) is 5.82 Å². The van der Waals surface area contributed by atoms with Crippen LogP contribution in [0, 0.1) is 6.92 Å². The molecule has 0 aliphatic heterocycles. The summed E-state index contributed by atoms with van der Waals surface area (Å²) in [4.78, 5) is 8.24. The standard InChI is InChI=1S/C12H12ClN3O/c1-7-15-6-9(12(14)16-7)8-3-4-11(17-2)10(13)5-8/h3-6H,1-2H3,(H2,14,15,16). The quantitative estimate of drug-likeness (QED) is 0.889. The zero-order valence-electron chi connectivity index (χ0n) is 9.57. The molecular weight excluding hydrogens is 238 g/mol. The third-order valence-electron chi connectivity index (χ3n) is 2.40. The molecule has 0 radical (unpaired) electrons. The summed E-state index contributed by atoms with van der Waals surface area (Å²) >= 11 is 6.06. The van der Waals surface area contributed by atoms with Crippen molar-refractivity contribution in [2.45, 2.75) is 6.92 Å². The molecule has 4 nitrogen and oxygen atoms in total. The maximum atomic E-state index is 6.06. The first-order chi connectivity index (χ1) is 8.11. The van der Waals surface area contributed by atoms with E-state index in [9.17, 15) is 0 Å². The summed E-state index contributed by atoms with van der Waals surface area (Å²) in [5.74, 6) is 1.71. The smallest absolute Gasteiger partial charge is 0.137 e. The van der Waals surface area contributed by atoms with Crippen LogP contribution in [0.25, 0.3) is 11.1 Å². The van der Waals surface area contributed by atoms with E-state index < -0.39 is 0 Å². The highest BCUT2D eigenvalue weighted by Crippen LogP contribution is 2.31. The average molecular weight is 250 g/mol. The molecule has 1 heterocycles. The Labute approximate surface area is 104 Å². The Morgan fingerprint density at radius 2 is 2.12 bits per heavy atom. The number of rotatable bonds is 2. The summed E-state index contributed by atoms with van der Waals surface area (Å²) in [7, 11) is 1.57. The van der Waals surface area contributed by atoms with Gasteiger partial charge in [0.05, 0.1) is 12.1 Å². The molecule has 0 unspecified atom stereocenters. The van der Waals surface area contributed by atoms with Crippen LogP contribution in [0.1, 0.15) is 5.82 Å². The van der Waals surface area contributed by atoms with Gasteiger partial charge in [-0.05, 0) is 24.6 Å². The molecular formula is C12H12ClN3O. The van der Waals surface area contributed by atoms with Gasteiger partial charge in [0.2, 0.25) is 0 Å². The average Bonchev–Trinajstić information content (AvgIpc) is 2.29. The second-order valence-corrected chi connectivity index (χ2v) is 3.97. The lowest BCUT2D eigenvalue weighted by atomic mass is 10.1. The van der Waals surface area contributed by atoms with Crippen molar-refractivity contribution >= 4 is 17.4 Å². The molecule has 0 atom stereocenters. The predicted molar refractivity (Wildman–Crippen MR) is 68.2 cm³/mol. The largest absolute Gasteiger partial charge is 0.495 e. The van der Waals surface area contributed by atoms with Gasteiger partial charge >= 0.3 is 0 Å². The fourth-order valence-corrected chi connectivity index (χ4v) is 1.80. The molecule has 88 valence electrons. The Kier molecular flexibility index (Phi) is 3.15. The van der Waals surface area contributed by atoms with Gasteiger partial charge in [0.25, 0.3) is 0 Å². The molecule has 0 spiro atoms. The number of hydrogen-bond donors (Lipinski definition) is 1. The molecule has 2 N–H and O–H groups in total. The summed E-state index contributed by atoms with van der Waals surface area (Å²) in [6.45, 7) is 1.79. The first kappa shape index (κ1) is 11.7. The van der Waals surface area contributed by atoms with Crippen LogP contribution in [-0.2, 0) is 0 Å². The first-order valence-corrected chi connectivity index (χ1v) is 5.42. The van der Waals surface area contributed by atoms with E-state index in [0.29, 0.717) is 22.4 Å². The number of nitrogen functional groups attached to an aromatic ring is 1. The van der Waals surface area contributed by atoms with Crippen LogP contribution in [0.2, 0.25) is 5.02 Å². The van der Waals surface area contributed by atoms with Gasteiger partial charge in [-0.3, -0.25) is 0 Å². The summed E-state index contributed by atoms with van der Waals surface area (Å²) in [5.41, 5.74) is 7.48. The van der Waals surface area contributed by atoms with Gasteiger partial charge in [0, 0.05) is 11.8 Å². The number of hydrogen-bond acceptors (Lipinski definition) is 4. The van der Waals surface area contributed by atoms with E-state index in [1.165, 1.54) is 0 Å². The topological polar surface area (TPSA) is 61.0 Å². The Balaban J connectivity index is 2.50. The van der Waals surface area contributed by atoms with Crippen LogP contribution in [0.15, 0.2) is 24.4 Å². The molecule has 0 aliphatic rings. The Bertz CT molecular complexity index is 557. The van der Waals surface area contributed by atoms with E-state index in [1.807, 2.05) is 6.07 Å². The molecule has 0 bridgehead atoms. The number of aryl methyl sites for hydroxylation is 1. The van der Waals surface area contributed by atoms with Gasteiger partial charge in [-0.2, -0.15) is 0 Å². The van der Waals surface area contributed by atoms with E-state index in [2.05, 4.69) is 9.97 Å².